The summed E-state index contributed by atoms with van der Waals surface area (Å²) < 4.78 is 2.53. The molecule has 0 spiro atoms. The SMILES string of the molecule is CC1CC(n2ccc(=O)[nH]c2=S)C1. The highest BCUT2D eigenvalue weighted by Crippen LogP contribution is 2.36. The van der Waals surface area contributed by atoms with Gasteiger partial charge < -0.3 is 4.57 Å². The van der Waals surface area contributed by atoms with E-state index in [2.05, 4.69) is 11.9 Å². The number of H-pyrrole nitrogens is 1. The summed E-state index contributed by atoms with van der Waals surface area (Å²) in [4.78, 5) is 13.5. The molecule has 1 aromatic heterocycles. The lowest BCUT2D eigenvalue weighted by atomic mass is 9.82. The molecule has 0 atom stereocenters. The van der Waals surface area contributed by atoms with Crippen LogP contribution in [0.25, 0.3) is 0 Å². The smallest absolute Gasteiger partial charge is 0.251 e. The van der Waals surface area contributed by atoms with E-state index < -0.39 is 0 Å². The third-order valence-corrected chi connectivity index (χ3v) is 2.91. The van der Waals surface area contributed by atoms with Gasteiger partial charge in [-0.2, -0.15) is 0 Å². The summed E-state index contributed by atoms with van der Waals surface area (Å²) in [6.45, 7) is 2.23. The van der Waals surface area contributed by atoms with E-state index in [1.165, 1.54) is 18.9 Å². The molecule has 4 heteroatoms. The molecule has 0 aliphatic heterocycles. The Kier molecular flexibility index (Phi) is 2.07. The maximum absolute atomic E-state index is 10.9. The summed E-state index contributed by atoms with van der Waals surface area (Å²) in [7, 11) is 0. The third kappa shape index (κ3) is 1.58. The van der Waals surface area contributed by atoms with E-state index in [0.29, 0.717) is 10.8 Å². The van der Waals surface area contributed by atoms with Crippen LogP contribution >= 0.6 is 12.2 Å². The van der Waals surface area contributed by atoms with Crippen molar-refractivity contribution in [2.24, 2.45) is 5.92 Å². The van der Waals surface area contributed by atoms with Crippen molar-refractivity contribution >= 4 is 12.2 Å². The number of aromatic amines is 1. The number of nitrogens with one attached hydrogen (secondary N) is 1. The van der Waals surface area contributed by atoms with Gasteiger partial charge in [0.2, 0.25) is 0 Å². The second kappa shape index (κ2) is 3.10. The highest BCUT2D eigenvalue weighted by atomic mass is 32.1. The molecule has 1 aromatic rings. The van der Waals surface area contributed by atoms with Crippen LogP contribution in [0.4, 0.5) is 0 Å². The summed E-state index contributed by atoms with van der Waals surface area (Å²) in [5.41, 5.74) is -0.117. The van der Waals surface area contributed by atoms with E-state index in [1.54, 1.807) is 6.20 Å². The third-order valence-electron chi connectivity index (χ3n) is 2.59. The molecule has 0 bridgehead atoms. The van der Waals surface area contributed by atoms with E-state index in [1.807, 2.05) is 4.57 Å². The largest absolute Gasteiger partial charge is 0.322 e. The lowest BCUT2D eigenvalue weighted by Crippen LogP contribution is -2.26. The van der Waals surface area contributed by atoms with Crippen LogP contribution in [-0.4, -0.2) is 9.55 Å². The molecule has 1 saturated carbocycles. The average molecular weight is 196 g/mol. The molecule has 0 saturated heterocycles. The van der Waals surface area contributed by atoms with Gasteiger partial charge >= 0.3 is 0 Å². The van der Waals surface area contributed by atoms with Gasteiger partial charge in [-0.25, -0.2) is 0 Å². The minimum Gasteiger partial charge on any atom is -0.322 e. The van der Waals surface area contributed by atoms with Crippen molar-refractivity contribution in [3.8, 4) is 0 Å². The average Bonchev–Trinajstić information content (AvgIpc) is 2.00. The number of hydrogen-bond donors (Lipinski definition) is 1. The molecular formula is C9H12N2OS. The van der Waals surface area contributed by atoms with Gasteiger partial charge in [0.05, 0.1) is 0 Å². The topological polar surface area (TPSA) is 37.8 Å². The summed E-state index contributed by atoms with van der Waals surface area (Å²) in [5, 5.41) is 0. The molecule has 70 valence electrons. The molecule has 13 heavy (non-hydrogen) atoms. The van der Waals surface area contributed by atoms with E-state index in [4.69, 9.17) is 12.2 Å². The molecular weight excluding hydrogens is 184 g/mol. The van der Waals surface area contributed by atoms with Crippen molar-refractivity contribution < 1.29 is 0 Å². The fraction of sp³-hybridized carbons (Fsp3) is 0.556. The molecule has 0 unspecified atom stereocenters. The van der Waals surface area contributed by atoms with Gasteiger partial charge in [0.1, 0.15) is 0 Å². The molecule has 1 aliphatic rings. The van der Waals surface area contributed by atoms with Gasteiger partial charge in [-0.1, -0.05) is 6.92 Å². The Morgan fingerprint density at radius 2 is 2.31 bits per heavy atom. The second-order valence-corrected chi connectivity index (χ2v) is 4.13. The van der Waals surface area contributed by atoms with Crippen molar-refractivity contribution in [1.29, 1.82) is 0 Å². The highest BCUT2D eigenvalue weighted by Gasteiger charge is 2.26. The zero-order chi connectivity index (χ0) is 9.42. The lowest BCUT2D eigenvalue weighted by molar-refractivity contribution is 0.212. The Balaban J connectivity index is 2.32. The van der Waals surface area contributed by atoms with Crippen LogP contribution in [-0.2, 0) is 0 Å². The predicted octanol–water partition coefficient (Wildman–Crippen LogP) is 1.88. The van der Waals surface area contributed by atoms with Crippen molar-refractivity contribution in [2.75, 3.05) is 0 Å². The maximum Gasteiger partial charge on any atom is 0.251 e. The van der Waals surface area contributed by atoms with Crippen molar-refractivity contribution in [2.45, 2.75) is 25.8 Å². The van der Waals surface area contributed by atoms with Crippen LogP contribution in [0.5, 0.6) is 0 Å². The Bertz CT molecular complexity index is 414. The molecule has 1 aliphatic carbocycles. The standard InChI is InChI=1S/C9H12N2OS/c1-6-4-7(5-6)11-3-2-8(12)10-9(11)13/h2-3,6-7H,4-5H2,1H3,(H,10,12,13). The monoisotopic (exact) mass is 196 g/mol. The molecule has 1 N–H and O–H groups in total. The fourth-order valence-electron chi connectivity index (χ4n) is 1.80. The Hall–Kier alpha value is -0.900. The quantitative estimate of drug-likeness (QED) is 0.696. The minimum absolute atomic E-state index is 0.117. The van der Waals surface area contributed by atoms with E-state index >= 15 is 0 Å². The number of rotatable bonds is 1. The van der Waals surface area contributed by atoms with Gasteiger partial charge in [-0.3, -0.25) is 9.78 Å². The predicted molar refractivity (Wildman–Crippen MR) is 53.3 cm³/mol. The Morgan fingerprint density at radius 1 is 1.62 bits per heavy atom. The summed E-state index contributed by atoms with van der Waals surface area (Å²) in [5.74, 6) is 0.791. The van der Waals surface area contributed by atoms with Gasteiger partial charge in [-0.15, -0.1) is 0 Å². The first-order valence-corrected chi connectivity index (χ1v) is 4.89. The van der Waals surface area contributed by atoms with Gasteiger partial charge in [0.15, 0.2) is 4.77 Å². The van der Waals surface area contributed by atoms with Crippen molar-refractivity contribution in [3.05, 3.63) is 27.4 Å². The second-order valence-electron chi connectivity index (χ2n) is 3.75. The lowest BCUT2D eigenvalue weighted by Gasteiger charge is -2.34. The van der Waals surface area contributed by atoms with Crippen molar-refractivity contribution in [3.63, 3.8) is 0 Å². The first-order chi connectivity index (χ1) is 6.16. The summed E-state index contributed by atoms with van der Waals surface area (Å²) in [6, 6.07) is 2.03. The Morgan fingerprint density at radius 3 is 2.85 bits per heavy atom. The molecule has 2 rings (SSSR count). The maximum atomic E-state index is 10.9. The molecule has 0 amide bonds. The van der Waals surface area contributed by atoms with Crippen molar-refractivity contribution in [1.82, 2.24) is 9.55 Å². The number of aromatic nitrogens is 2. The Labute approximate surface area is 81.4 Å². The van der Waals surface area contributed by atoms with Gasteiger partial charge in [0.25, 0.3) is 5.56 Å². The van der Waals surface area contributed by atoms with Crippen LogP contribution in [0.3, 0.4) is 0 Å². The molecule has 1 heterocycles. The highest BCUT2D eigenvalue weighted by molar-refractivity contribution is 7.71. The molecule has 0 aromatic carbocycles. The number of hydrogen-bond acceptors (Lipinski definition) is 2. The minimum atomic E-state index is -0.117. The summed E-state index contributed by atoms with van der Waals surface area (Å²) in [6.07, 6.45) is 4.12. The van der Waals surface area contributed by atoms with Gasteiger partial charge in [-0.05, 0) is 31.0 Å². The zero-order valence-electron chi connectivity index (χ0n) is 7.49. The van der Waals surface area contributed by atoms with Crippen LogP contribution in [0.15, 0.2) is 17.1 Å². The van der Waals surface area contributed by atoms with E-state index in [9.17, 15) is 4.79 Å². The fourth-order valence-corrected chi connectivity index (χ4v) is 2.11. The van der Waals surface area contributed by atoms with Crippen LogP contribution < -0.4 is 5.56 Å². The normalized spacial score (nSPS) is 26.8. The van der Waals surface area contributed by atoms with Crippen LogP contribution in [0, 0.1) is 10.7 Å². The van der Waals surface area contributed by atoms with Gasteiger partial charge in [0, 0.05) is 18.3 Å². The van der Waals surface area contributed by atoms with Crippen LogP contribution in [0.1, 0.15) is 25.8 Å². The summed E-state index contributed by atoms with van der Waals surface area (Å²) >= 11 is 5.06. The molecule has 0 radical (unpaired) electrons. The number of nitrogens with zero attached hydrogens (tertiary/aromatic N) is 1. The van der Waals surface area contributed by atoms with E-state index in [-0.39, 0.29) is 5.56 Å². The van der Waals surface area contributed by atoms with E-state index in [0.717, 1.165) is 5.92 Å². The first kappa shape index (κ1) is 8.69. The molecule has 3 nitrogen and oxygen atoms in total. The van der Waals surface area contributed by atoms with Crippen LogP contribution in [0.2, 0.25) is 0 Å². The first-order valence-electron chi connectivity index (χ1n) is 4.48. The molecule has 1 fully saturated rings. The zero-order valence-corrected chi connectivity index (χ0v) is 8.30.